The van der Waals surface area contributed by atoms with Crippen LogP contribution < -0.4 is 10.6 Å². The average molecular weight is 212 g/mol. The molecule has 0 bridgehead atoms. The summed E-state index contributed by atoms with van der Waals surface area (Å²) in [6.45, 7) is 8.77. The second kappa shape index (κ2) is 4.40. The molecule has 0 aromatic heterocycles. The van der Waals surface area contributed by atoms with Crippen LogP contribution in [-0.2, 0) is 4.74 Å². The first kappa shape index (κ1) is 11.4. The SMILES string of the molecule is CCC1(CC)CNC2(CCNCC2)OC1. The summed E-state index contributed by atoms with van der Waals surface area (Å²) in [5.74, 6) is 0. The Hall–Kier alpha value is -0.120. The summed E-state index contributed by atoms with van der Waals surface area (Å²) < 4.78 is 6.15. The van der Waals surface area contributed by atoms with Gasteiger partial charge >= 0.3 is 0 Å². The molecular weight excluding hydrogens is 188 g/mol. The summed E-state index contributed by atoms with van der Waals surface area (Å²) >= 11 is 0. The highest BCUT2D eigenvalue weighted by molar-refractivity contribution is 4.93. The molecule has 0 saturated carbocycles. The predicted molar refractivity (Wildman–Crippen MR) is 61.8 cm³/mol. The van der Waals surface area contributed by atoms with E-state index in [2.05, 4.69) is 24.5 Å². The van der Waals surface area contributed by atoms with Crippen LogP contribution in [0.4, 0.5) is 0 Å². The van der Waals surface area contributed by atoms with E-state index in [4.69, 9.17) is 4.74 Å². The molecule has 2 aliphatic rings. The van der Waals surface area contributed by atoms with Gasteiger partial charge in [0.25, 0.3) is 0 Å². The van der Waals surface area contributed by atoms with Crippen LogP contribution in [0.15, 0.2) is 0 Å². The van der Waals surface area contributed by atoms with Crippen LogP contribution in [-0.4, -0.2) is 32.0 Å². The van der Waals surface area contributed by atoms with Crippen molar-refractivity contribution in [3.63, 3.8) is 0 Å². The Morgan fingerprint density at radius 2 is 1.80 bits per heavy atom. The third-order valence-electron chi connectivity index (χ3n) is 4.35. The van der Waals surface area contributed by atoms with Crippen molar-refractivity contribution < 1.29 is 4.74 Å². The Morgan fingerprint density at radius 1 is 1.13 bits per heavy atom. The number of nitrogens with one attached hydrogen (secondary N) is 2. The van der Waals surface area contributed by atoms with Crippen LogP contribution in [0, 0.1) is 5.41 Å². The number of hydrogen-bond donors (Lipinski definition) is 2. The standard InChI is InChI=1S/C12H24N2O/c1-3-11(4-2)9-14-12(15-10-11)5-7-13-8-6-12/h13-14H,3-10H2,1-2H3. The molecule has 2 saturated heterocycles. The molecule has 3 nitrogen and oxygen atoms in total. The first-order valence-corrected chi connectivity index (χ1v) is 6.34. The Kier molecular flexibility index (Phi) is 3.33. The predicted octanol–water partition coefficient (Wildman–Crippen LogP) is 1.49. The van der Waals surface area contributed by atoms with Gasteiger partial charge in [-0.3, -0.25) is 5.32 Å². The van der Waals surface area contributed by atoms with E-state index in [-0.39, 0.29) is 5.72 Å². The van der Waals surface area contributed by atoms with Gasteiger partial charge in [-0.25, -0.2) is 0 Å². The minimum Gasteiger partial charge on any atom is -0.360 e. The molecule has 0 amide bonds. The molecule has 0 unspecified atom stereocenters. The van der Waals surface area contributed by atoms with Crippen LogP contribution >= 0.6 is 0 Å². The van der Waals surface area contributed by atoms with Crippen molar-refractivity contribution in [3.8, 4) is 0 Å². The van der Waals surface area contributed by atoms with Crippen LogP contribution in [0.25, 0.3) is 0 Å². The maximum atomic E-state index is 6.15. The monoisotopic (exact) mass is 212 g/mol. The van der Waals surface area contributed by atoms with Gasteiger partial charge in [-0.1, -0.05) is 13.8 Å². The summed E-state index contributed by atoms with van der Waals surface area (Å²) in [6.07, 6.45) is 4.64. The highest BCUT2D eigenvalue weighted by Gasteiger charge is 2.41. The summed E-state index contributed by atoms with van der Waals surface area (Å²) in [5, 5.41) is 7.05. The third kappa shape index (κ3) is 2.19. The molecule has 88 valence electrons. The van der Waals surface area contributed by atoms with E-state index in [9.17, 15) is 0 Å². The lowest BCUT2D eigenvalue weighted by Crippen LogP contribution is -2.62. The van der Waals surface area contributed by atoms with Gasteiger partial charge in [-0.05, 0) is 25.9 Å². The first-order valence-electron chi connectivity index (χ1n) is 6.34. The van der Waals surface area contributed by atoms with Crippen molar-refractivity contribution in [2.24, 2.45) is 5.41 Å². The molecule has 3 heteroatoms. The van der Waals surface area contributed by atoms with Crippen molar-refractivity contribution in [2.75, 3.05) is 26.2 Å². The van der Waals surface area contributed by atoms with Crippen LogP contribution in [0.2, 0.25) is 0 Å². The van der Waals surface area contributed by atoms with Crippen molar-refractivity contribution in [3.05, 3.63) is 0 Å². The Balaban J connectivity index is 1.95. The lowest BCUT2D eigenvalue weighted by Gasteiger charge is -2.48. The van der Waals surface area contributed by atoms with Gasteiger partial charge in [0.2, 0.25) is 0 Å². The molecule has 2 N–H and O–H groups in total. The number of hydrogen-bond acceptors (Lipinski definition) is 3. The van der Waals surface area contributed by atoms with Crippen molar-refractivity contribution in [1.29, 1.82) is 0 Å². The highest BCUT2D eigenvalue weighted by Crippen LogP contribution is 2.34. The van der Waals surface area contributed by atoms with Crippen LogP contribution in [0.1, 0.15) is 39.5 Å². The number of piperidine rings is 1. The molecular formula is C12H24N2O. The van der Waals surface area contributed by atoms with Crippen molar-refractivity contribution in [1.82, 2.24) is 10.6 Å². The maximum Gasteiger partial charge on any atom is 0.121 e. The lowest BCUT2D eigenvalue weighted by molar-refractivity contribution is -0.159. The van der Waals surface area contributed by atoms with E-state index in [1.807, 2.05) is 0 Å². The molecule has 0 atom stereocenters. The Bertz CT molecular complexity index is 196. The third-order valence-corrected chi connectivity index (χ3v) is 4.35. The van der Waals surface area contributed by atoms with Gasteiger partial charge in [0, 0.05) is 24.8 Å². The summed E-state index contributed by atoms with van der Waals surface area (Å²) in [5.41, 5.74) is 0.384. The van der Waals surface area contributed by atoms with E-state index in [1.165, 1.54) is 12.8 Å². The largest absolute Gasteiger partial charge is 0.360 e. The van der Waals surface area contributed by atoms with E-state index >= 15 is 0 Å². The van der Waals surface area contributed by atoms with Gasteiger partial charge in [-0.15, -0.1) is 0 Å². The molecule has 15 heavy (non-hydrogen) atoms. The second-order valence-electron chi connectivity index (χ2n) is 5.09. The minimum absolute atomic E-state index is 0.000903. The quantitative estimate of drug-likeness (QED) is 0.727. The summed E-state index contributed by atoms with van der Waals surface area (Å²) in [6, 6.07) is 0. The molecule has 0 radical (unpaired) electrons. The van der Waals surface area contributed by atoms with Crippen LogP contribution in [0.5, 0.6) is 0 Å². The topological polar surface area (TPSA) is 33.3 Å². The molecule has 0 aromatic carbocycles. The molecule has 2 fully saturated rings. The van der Waals surface area contributed by atoms with E-state index in [0.717, 1.165) is 39.1 Å². The van der Waals surface area contributed by atoms with Gasteiger partial charge in [-0.2, -0.15) is 0 Å². The molecule has 2 heterocycles. The zero-order valence-corrected chi connectivity index (χ0v) is 10.1. The molecule has 1 spiro atoms. The van der Waals surface area contributed by atoms with Gasteiger partial charge in [0.05, 0.1) is 6.61 Å². The van der Waals surface area contributed by atoms with E-state index in [1.54, 1.807) is 0 Å². The summed E-state index contributed by atoms with van der Waals surface area (Å²) in [4.78, 5) is 0. The normalized spacial score (nSPS) is 29.2. The first-order chi connectivity index (χ1) is 7.24. The lowest BCUT2D eigenvalue weighted by atomic mass is 9.80. The fourth-order valence-corrected chi connectivity index (χ4v) is 2.60. The molecule has 2 aliphatic heterocycles. The zero-order chi connectivity index (χ0) is 10.8. The highest BCUT2D eigenvalue weighted by atomic mass is 16.5. The minimum atomic E-state index is -0.000903. The van der Waals surface area contributed by atoms with Crippen LogP contribution in [0.3, 0.4) is 0 Å². The Labute approximate surface area is 93.0 Å². The fourth-order valence-electron chi connectivity index (χ4n) is 2.60. The zero-order valence-electron chi connectivity index (χ0n) is 10.1. The smallest absolute Gasteiger partial charge is 0.121 e. The summed E-state index contributed by atoms with van der Waals surface area (Å²) in [7, 11) is 0. The van der Waals surface area contributed by atoms with E-state index in [0.29, 0.717) is 5.41 Å². The number of rotatable bonds is 2. The molecule has 2 rings (SSSR count). The average Bonchev–Trinajstić information content (AvgIpc) is 2.32. The van der Waals surface area contributed by atoms with Gasteiger partial charge < -0.3 is 10.1 Å². The molecule has 0 aromatic rings. The van der Waals surface area contributed by atoms with Crippen molar-refractivity contribution >= 4 is 0 Å². The maximum absolute atomic E-state index is 6.15. The number of ether oxygens (including phenoxy) is 1. The van der Waals surface area contributed by atoms with Crippen molar-refractivity contribution in [2.45, 2.75) is 45.3 Å². The van der Waals surface area contributed by atoms with Gasteiger partial charge in [0.15, 0.2) is 0 Å². The van der Waals surface area contributed by atoms with E-state index < -0.39 is 0 Å². The fraction of sp³-hybridized carbons (Fsp3) is 1.00. The van der Waals surface area contributed by atoms with Gasteiger partial charge in [0.1, 0.15) is 5.72 Å². The second-order valence-corrected chi connectivity index (χ2v) is 5.09. The molecule has 0 aliphatic carbocycles. The Morgan fingerprint density at radius 3 is 2.27 bits per heavy atom.